The van der Waals surface area contributed by atoms with E-state index < -0.39 is 8.32 Å². The molecule has 0 saturated carbocycles. The highest BCUT2D eigenvalue weighted by Gasteiger charge is 2.43. The molecule has 1 aromatic carbocycles. The van der Waals surface area contributed by atoms with Crippen LogP contribution in [0.2, 0.25) is 11.1 Å². The van der Waals surface area contributed by atoms with Crippen LogP contribution in [0.1, 0.15) is 60.5 Å². The van der Waals surface area contributed by atoms with Crippen LogP contribution >= 0.6 is 0 Å². The lowest BCUT2D eigenvalue weighted by atomic mass is 9.93. The van der Waals surface area contributed by atoms with Gasteiger partial charge in [0.25, 0.3) is 8.32 Å². The molecule has 0 bridgehead atoms. The van der Waals surface area contributed by atoms with Crippen molar-refractivity contribution < 1.29 is 13.9 Å². The Hall–Kier alpha value is -1.54. The summed E-state index contributed by atoms with van der Waals surface area (Å²) in [5.74, 6) is 4.83. The molecule has 0 aliphatic carbocycles. The van der Waals surface area contributed by atoms with E-state index in [9.17, 15) is 0 Å². The lowest BCUT2D eigenvalue weighted by molar-refractivity contribution is 0.0741. The number of benzene rings is 1. The van der Waals surface area contributed by atoms with Gasteiger partial charge in [-0.2, -0.15) is 0 Å². The highest BCUT2D eigenvalue weighted by Crippen LogP contribution is 2.36. The molecule has 0 heterocycles. The van der Waals surface area contributed by atoms with Crippen LogP contribution in [0.3, 0.4) is 0 Å². The summed E-state index contributed by atoms with van der Waals surface area (Å²) in [5.41, 5.74) is 5.54. The molecule has 0 unspecified atom stereocenters. The molecule has 0 radical (unpaired) electrons. The van der Waals surface area contributed by atoms with Gasteiger partial charge in [-0.25, -0.2) is 0 Å². The minimum atomic E-state index is -2.20. The number of methoxy groups -OCH3 is 1. The second-order valence-electron chi connectivity index (χ2n) is 8.98. The molecule has 0 aliphatic heterocycles. The standard InChI is InChI=1S/C26H42O3Si/c1-10-16-30(20(3)4,21(5)6)29-26(11-2)23(8)17-22(7)18-28-19-24-12-14-25(27-9)15-13-24/h11-15,20-23,26H,2,17-19H2,1,3-9H3/t22-,23+,26+/m1/s1. The highest BCUT2D eigenvalue weighted by atomic mass is 28.4. The largest absolute Gasteiger partial charge is 0.497 e. The van der Waals surface area contributed by atoms with Gasteiger partial charge in [-0.3, -0.25) is 0 Å². The molecular weight excluding hydrogens is 388 g/mol. The Morgan fingerprint density at radius 1 is 1.03 bits per heavy atom. The van der Waals surface area contributed by atoms with E-state index in [-0.39, 0.29) is 6.10 Å². The average Bonchev–Trinajstić information content (AvgIpc) is 2.71. The maximum Gasteiger partial charge on any atom is 0.277 e. The van der Waals surface area contributed by atoms with E-state index in [1.807, 2.05) is 37.3 Å². The van der Waals surface area contributed by atoms with E-state index in [1.165, 1.54) is 0 Å². The lowest BCUT2D eigenvalue weighted by Gasteiger charge is -2.38. The minimum Gasteiger partial charge on any atom is -0.497 e. The third-order valence-electron chi connectivity index (χ3n) is 5.76. The molecule has 0 aliphatic rings. The van der Waals surface area contributed by atoms with Gasteiger partial charge in [-0.05, 0) is 54.0 Å². The van der Waals surface area contributed by atoms with Crippen LogP contribution in [0.25, 0.3) is 0 Å². The third-order valence-corrected chi connectivity index (χ3v) is 10.5. The van der Waals surface area contributed by atoms with E-state index in [0.29, 0.717) is 29.5 Å². The van der Waals surface area contributed by atoms with Crippen molar-refractivity contribution in [2.75, 3.05) is 13.7 Å². The van der Waals surface area contributed by atoms with Crippen molar-refractivity contribution in [2.24, 2.45) is 11.8 Å². The number of hydrogen-bond acceptors (Lipinski definition) is 3. The molecule has 1 rings (SSSR count). The van der Waals surface area contributed by atoms with E-state index in [2.05, 4.69) is 59.6 Å². The first-order valence-corrected chi connectivity index (χ1v) is 13.2. The molecule has 0 N–H and O–H groups in total. The van der Waals surface area contributed by atoms with E-state index in [1.54, 1.807) is 7.11 Å². The van der Waals surface area contributed by atoms with Crippen molar-refractivity contribution >= 4 is 8.32 Å². The fourth-order valence-corrected chi connectivity index (χ4v) is 7.69. The normalized spacial score (nSPS) is 14.7. The molecule has 0 fully saturated rings. The highest BCUT2D eigenvalue weighted by molar-refractivity contribution is 6.84. The molecule has 0 amide bonds. The van der Waals surface area contributed by atoms with Gasteiger partial charge in [0, 0.05) is 6.61 Å². The molecule has 168 valence electrons. The van der Waals surface area contributed by atoms with Crippen molar-refractivity contribution in [3.63, 3.8) is 0 Å². The number of hydrogen-bond donors (Lipinski definition) is 0. The van der Waals surface area contributed by atoms with Gasteiger partial charge in [0.1, 0.15) is 5.75 Å². The van der Waals surface area contributed by atoms with Crippen LogP contribution in [0.4, 0.5) is 0 Å². The summed E-state index contributed by atoms with van der Waals surface area (Å²) < 4.78 is 18.0. The molecule has 0 spiro atoms. The fourth-order valence-electron chi connectivity index (χ4n) is 4.01. The van der Waals surface area contributed by atoms with Crippen molar-refractivity contribution in [2.45, 2.75) is 78.7 Å². The predicted molar refractivity (Wildman–Crippen MR) is 130 cm³/mol. The maximum atomic E-state index is 6.80. The molecule has 30 heavy (non-hydrogen) atoms. The van der Waals surface area contributed by atoms with Gasteiger partial charge in [0.05, 0.1) is 19.8 Å². The molecule has 3 atom stereocenters. The third kappa shape index (κ3) is 7.61. The summed E-state index contributed by atoms with van der Waals surface area (Å²) in [7, 11) is -0.520. The zero-order chi connectivity index (χ0) is 22.7. The summed E-state index contributed by atoms with van der Waals surface area (Å²) in [6, 6.07) is 8.03. The Morgan fingerprint density at radius 2 is 1.63 bits per heavy atom. The van der Waals surface area contributed by atoms with Crippen molar-refractivity contribution in [3.8, 4) is 17.2 Å². The van der Waals surface area contributed by atoms with E-state index in [0.717, 1.165) is 24.3 Å². The zero-order valence-corrected chi connectivity index (χ0v) is 21.3. The number of ether oxygens (including phenoxy) is 2. The average molecular weight is 431 g/mol. The Morgan fingerprint density at radius 3 is 2.10 bits per heavy atom. The van der Waals surface area contributed by atoms with Crippen LogP contribution in [-0.4, -0.2) is 28.1 Å². The zero-order valence-electron chi connectivity index (χ0n) is 20.3. The monoisotopic (exact) mass is 430 g/mol. The Labute approximate surface area is 186 Å². The van der Waals surface area contributed by atoms with Crippen LogP contribution in [-0.2, 0) is 15.8 Å². The minimum absolute atomic E-state index is 0.0198. The maximum absolute atomic E-state index is 6.80. The van der Waals surface area contributed by atoms with Crippen molar-refractivity contribution in [1.29, 1.82) is 0 Å². The van der Waals surface area contributed by atoms with Gasteiger partial charge in [-0.15, -0.1) is 12.5 Å². The van der Waals surface area contributed by atoms with Gasteiger partial charge in [0.2, 0.25) is 0 Å². The quantitative estimate of drug-likeness (QED) is 0.196. The summed E-state index contributed by atoms with van der Waals surface area (Å²) in [4.78, 5) is 0. The predicted octanol–water partition coefficient (Wildman–Crippen LogP) is 6.77. The molecule has 3 nitrogen and oxygen atoms in total. The summed E-state index contributed by atoms with van der Waals surface area (Å²) in [5, 5.41) is 0. The molecule has 4 heteroatoms. The molecule has 0 saturated heterocycles. The van der Waals surface area contributed by atoms with Crippen LogP contribution in [0.15, 0.2) is 36.9 Å². The van der Waals surface area contributed by atoms with Crippen LogP contribution in [0.5, 0.6) is 5.75 Å². The van der Waals surface area contributed by atoms with Gasteiger partial charge in [0.15, 0.2) is 0 Å². The molecule has 0 aromatic heterocycles. The summed E-state index contributed by atoms with van der Waals surface area (Å²) in [6.07, 6.45) is 3.02. The van der Waals surface area contributed by atoms with Crippen molar-refractivity contribution in [1.82, 2.24) is 0 Å². The topological polar surface area (TPSA) is 27.7 Å². The van der Waals surface area contributed by atoms with Gasteiger partial charge >= 0.3 is 0 Å². The smallest absolute Gasteiger partial charge is 0.277 e. The molecular formula is C26H42O3Si. The first-order chi connectivity index (χ1) is 14.2. The SMILES string of the molecule is C=C[C@H](O[Si](C#CC)(C(C)C)C(C)C)[C@@H](C)C[C@@H](C)COCc1ccc(OC)cc1. The lowest BCUT2D eigenvalue weighted by Crippen LogP contribution is -2.47. The van der Waals surface area contributed by atoms with Gasteiger partial charge < -0.3 is 13.9 Å². The number of rotatable bonds is 13. The van der Waals surface area contributed by atoms with Gasteiger partial charge in [-0.1, -0.05) is 65.3 Å². The Balaban J connectivity index is 2.64. The second kappa shape index (κ2) is 13.0. The second-order valence-corrected chi connectivity index (χ2v) is 13.4. The van der Waals surface area contributed by atoms with E-state index in [4.69, 9.17) is 13.9 Å². The first-order valence-electron chi connectivity index (χ1n) is 11.1. The molecule has 1 aromatic rings. The van der Waals surface area contributed by atoms with E-state index >= 15 is 0 Å². The van der Waals surface area contributed by atoms with Crippen LogP contribution in [0, 0.1) is 23.3 Å². The first kappa shape index (κ1) is 26.5. The summed E-state index contributed by atoms with van der Waals surface area (Å²) >= 11 is 0. The van der Waals surface area contributed by atoms with Crippen LogP contribution < -0.4 is 4.74 Å². The fraction of sp³-hybridized carbons (Fsp3) is 0.615. The van der Waals surface area contributed by atoms with Crippen molar-refractivity contribution in [3.05, 3.63) is 42.5 Å². The summed E-state index contributed by atoms with van der Waals surface area (Å²) in [6.45, 7) is 20.8. The Kier molecular flexibility index (Phi) is 11.5. The Bertz CT molecular complexity index is 676.